The molecular formula is C13H20N4O2. The number of nitrogens with zero attached hydrogens (tertiary/aromatic N) is 2. The molecule has 1 unspecified atom stereocenters. The molecule has 1 aliphatic heterocycles. The van der Waals surface area contributed by atoms with Gasteiger partial charge in [-0.3, -0.25) is 14.3 Å². The molecule has 19 heavy (non-hydrogen) atoms. The molecule has 1 aliphatic rings. The number of rotatable bonds is 3. The fourth-order valence-corrected chi connectivity index (χ4v) is 2.13. The van der Waals surface area contributed by atoms with Crippen LogP contribution in [0.4, 0.5) is 0 Å². The maximum Gasteiger partial charge on any atom is 0.270 e. The highest BCUT2D eigenvalue weighted by atomic mass is 16.2. The van der Waals surface area contributed by atoms with Crippen LogP contribution in [0, 0.1) is 0 Å². The summed E-state index contributed by atoms with van der Waals surface area (Å²) < 4.78 is 1.56. The zero-order chi connectivity index (χ0) is 14.0. The van der Waals surface area contributed by atoms with Crippen molar-refractivity contribution in [3.05, 3.63) is 17.5 Å². The number of amides is 2. The summed E-state index contributed by atoms with van der Waals surface area (Å²) in [5.41, 5.74) is 1.36. The van der Waals surface area contributed by atoms with Crippen molar-refractivity contribution in [1.29, 1.82) is 0 Å². The molecule has 104 valence electrons. The van der Waals surface area contributed by atoms with Crippen LogP contribution >= 0.6 is 0 Å². The first kappa shape index (κ1) is 13.6. The van der Waals surface area contributed by atoms with Gasteiger partial charge in [-0.2, -0.15) is 5.10 Å². The van der Waals surface area contributed by atoms with E-state index in [0.717, 1.165) is 12.1 Å². The van der Waals surface area contributed by atoms with E-state index in [1.54, 1.807) is 17.8 Å². The monoisotopic (exact) mass is 264 g/mol. The largest absolute Gasteiger partial charge is 0.354 e. The van der Waals surface area contributed by atoms with Gasteiger partial charge in [0.25, 0.3) is 5.91 Å². The lowest BCUT2D eigenvalue weighted by Crippen LogP contribution is -2.50. The van der Waals surface area contributed by atoms with Gasteiger partial charge in [-0.05, 0) is 24.8 Å². The van der Waals surface area contributed by atoms with E-state index < -0.39 is 6.04 Å². The van der Waals surface area contributed by atoms with E-state index in [2.05, 4.69) is 15.7 Å². The van der Waals surface area contributed by atoms with Crippen molar-refractivity contribution in [2.45, 2.75) is 38.6 Å². The minimum atomic E-state index is -0.432. The smallest absolute Gasteiger partial charge is 0.270 e. The summed E-state index contributed by atoms with van der Waals surface area (Å²) in [7, 11) is 1.74. The van der Waals surface area contributed by atoms with Crippen LogP contribution in [0.1, 0.15) is 48.8 Å². The molecule has 1 fully saturated rings. The zero-order valence-electron chi connectivity index (χ0n) is 11.6. The predicted octanol–water partition coefficient (Wildman–Crippen LogP) is 0.552. The Labute approximate surface area is 112 Å². The quantitative estimate of drug-likeness (QED) is 0.837. The van der Waals surface area contributed by atoms with E-state index in [0.29, 0.717) is 18.7 Å². The van der Waals surface area contributed by atoms with Gasteiger partial charge in [0.15, 0.2) is 0 Å². The highest BCUT2D eigenvalue weighted by Crippen LogP contribution is 2.14. The van der Waals surface area contributed by atoms with Gasteiger partial charge in [0, 0.05) is 13.6 Å². The van der Waals surface area contributed by atoms with Crippen LogP contribution in [-0.2, 0) is 11.8 Å². The normalized spacial score (nSPS) is 19.4. The Hall–Kier alpha value is -1.85. The molecule has 1 saturated heterocycles. The molecule has 6 nitrogen and oxygen atoms in total. The lowest BCUT2D eigenvalue weighted by molar-refractivity contribution is -0.124. The van der Waals surface area contributed by atoms with Crippen molar-refractivity contribution in [2.24, 2.45) is 7.05 Å². The Bertz CT molecular complexity index is 493. The topological polar surface area (TPSA) is 76.0 Å². The molecule has 0 aliphatic carbocycles. The van der Waals surface area contributed by atoms with Crippen LogP contribution in [0.5, 0.6) is 0 Å². The van der Waals surface area contributed by atoms with Gasteiger partial charge in [-0.1, -0.05) is 13.8 Å². The van der Waals surface area contributed by atoms with Crippen LogP contribution in [0.3, 0.4) is 0 Å². The summed E-state index contributed by atoms with van der Waals surface area (Å²) in [6, 6.07) is 1.35. The van der Waals surface area contributed by atoms with E-state index in [1.165, 1.54) is 0 Å². The molecule has 0 spiro atoms. The first-order valence-electron chi connectivity index (χ1n) is 6.61. The molecule has 0 radical (unpaired) electrons. The summed E-state index contributed by atoms with van der Waals surface area (Å²) in [6.45, 7) is 4.74. The summed E-state index contributed by atoms with van der Waals surface area (Å²) in [4.78, 5) is 23.8. The highest BCUT2D eigenvalue weighted by Gasteiger charge is 2.25. The van der Waals surface area contributed by atoms with Gasteiger partial charge in [0.05, 0.1) is 5.69 Å². The Balaban J connectivity index is 2.09. The Morgan fingerprint density at radius 3 is 2.89 bits per heavy atom. The van der Waals surface area contributed by atoms with Gasteiger partial charge in [-0.15, -0.1) is 0 Å². The standard InChI is InChI=1S/C13H20N4O2/c1-8(2)10-7-11(17(3)16-10)13(19)15-9-5-4-6-14-12(9)18/h7-9H,4-6H2,1-3H3,(H,14,18)(H,15,19). The molecule has 2 amide bonds. The maximum absolute atomic E-state index is 12.2. The van der Waals surface area contributed by atoms with Crippen molar-refractivity contribution < 1.29 is 9.59 Å². The number of aryl methyl sites for hydroxylation is 1. The third kappa shape index (κ3) is 2.94. The number of nitrogens with one attached hydrogen (secondary N) is 2. The van der Waals surface area contributed by atoms with Crippen molar-refractivity contribution in [3.63, 3.8) is 0 Å². The molecular weight excluding hydrogens is 244 g/mol. The minimum Gasteiger partial charge on any atom is -0.354 e. The lowest BCUT2D eigenvalue weighted by Gasteiger charge is -2.22. The van der Waals surface area contributed by atoms with Crippen molar-refractivity contribution >= 4 is 11.8 Å². The minimum absolute atomic E-state index is 0.106. The number of aromatic nitrogens is 2. The second-order valence-corrected chi connectivity index (χ2v) is 5.19. The molecule has 1 aromatic rings. The van der Waals surface area contributed by atoms with Crippen LogP contribution < -0.4 is 10.6 Å². The Morgan fingerprint density at radius 2 is 2.32 bits per heavy atom. The molecule has 0 bridgehead atoms. The third-order valence-electron chi connectivity index (χ3n) is 3.31. The second kappa shape index (κ2) is 5.42. The maximum atomic E-state index is 12.2. The number of carbonyl (C=O) groups is 2. The molecule has 2 N–H and O–H groups in total. The van der Waals surface area contributed by atoms with Crippen LogP contribution in [0.25, 0.3) is 0 Å². The van der Waals surface area contributed by atoms with Gasteiger partial charge in [0.2, 0.25) is 5.91 Å². The zero-order valence-corrected chi connectivity index (χ0v) is 11.6. The van der Waals surface area contributed by atoms with E-state index in [-0.39, 0.29) is 17.7 Å². The first-order valence-corrected chi connectivity index (χ1v) is 6.61. The molecule has 0 saturated carbocycles. The summed E-state index contributed by atoms with van der Waals surface area (Å²) in [5, 5.41) is 9.82. The summed E-state index contributed by atoms with van der Waals surface area (Å²) >= 11 is 0. The van der Waals surface area contributed by atoms with Crippen molar-refractivity contribution in [2.75, 3.05) is 6.54 Å². The van der Waals surface area contributed by atoms with Crippen molar-refractivity contribution in [1.82, 2.24) is 20.4 Å². The van der Waals surface area contributed by atoms with E-state index >= 15 is 0 Å². The average molecular weight is 264 g/mol. The Kier molecular flexibility index (Phi) is 3.87. The second-order valence-electron chi connectivity index (χ2n) is 5.19. The van der Waals surface area contributed by atoms with E-state index in [9.17, 15) is 9.59 Å². The number of hydrogen-bond acceptors (Lipinski definition) is 3. The number of carbonyl (C=O) groups excluding carboxylic acids is 2. The highest BCUT2D eigenvalue weighted by molar-refractivity contribution is 5.96. The molecule has 0 aromatic carbocycles. The van der Waals surface area contributed by atoms with Crippen molar-refractivity contribution in [3.8, 4) is 0 Å². The molecule has 2 heterocycles. The van der Waals surface area contributed by atoms with Gasteiger partial charge >= 0.3 is 0 Å². The fraction of sp³-hybridized carbons (Fsp3) is 0.615. The van der Waals surface area contributed by atoms with Crippen LogP contribution in [0.15, 0.2) is 6.07 Å². The predicted molar refractivity (Wildman–Crippen MR) is 70.8 cm³/mol. The molecule has 6 heteroatoms. The van der Waals surface area contributed by atoms with Crippen LogP contribution in [-0.4, -0.2) is 34.2 Å². The molecule has 2 rings (SSSR count). The SMILES string of the molecule is CC(C)c1cc(C(=O)NC2CCCNC2=O)n(C)n1. The van der Waals surface area contributed by atoms with E-state index in [4.69, 9.17) is 0 Å². The number of piperidine rings is 1. The van der Waals surface area contributed by atoms with Gasteiger partial charge in [-0.25, -0.2) is 0 Å². The summed E-state index contributed by atoms with van der Waals surface area (Å²) in [5.74, 6) is -0.0828. The average Bonchev–Trinajstić information content (AvgIpc) is 2.74. The lowest BCUT2D eigenvalue weighted by atomic mass is 10.1. The number of hydrogen-bond donors (Lipinski definition) is 2. The fourth-order valence-electron chi connectivity index (χ4n) is 2.13. The molecule has 1 atom stereocenters. The summed E-state index contributed by atoms with van der Waals surface area (Å²) in [6.07, 6.45) is 1.58. The Morgan fingerprint density at radius 1 is 1.58 bits per heavy atom. The van der Waals surface area contributed by atoms with Gasteiger partial charge < -0.3 is 10.6 Å². The first-order chi connectivity index (χ1) is 8.99. The molecule has 1 aromatic heterocycles. The van der Waals surface area contributed by atoms with Gasteiger partial charge in [0.1, 0.15) is 11.7 Å². The van der Waals surface area contributed by atoms with Crippen LogP contribution in [0.2, 0.25) is 0 Å². The third-order valence-corrected chi connectivity index (χ3v) is 3.31. The van der Waals surface area contributed by atoms with E-state index in [1.807, 2.05) is 13.8 Å².